The maximum Gasteiger partial charge on any atom is 0.233 e. The Balaban J connectivity index is 2.10. The Morgan fingerprint density at radius 3 is 2.66 bits per heavy atom. The highest BCUT2D eigenvalue weighted by Crippen LogP contribution is 2.47. The van der Waals surface area contributed by atoms with E-state index < -0.39 is 18.0 Å². The zero-order chi connectivity index (χ0) is 21.5. The summed E-state index contributed by atoms with van der Waals surface area (Å²) in [4.78, 5) is 27.3. The van der Waals surface area contributed by atoms with Crippen LogP contribution in [0.2, 0.25) is 0 Å². The Labute approximate surface area is 183 Å². The molecular weight excluding hydrogens is 490 g/mol. The van der Waals surface area contributed by atoms with Crippen molar-refractivity contribution in [3.05, 3.63) is 6.33 Å². The fraction of sp³-hybridized carbons (Fsp3) is 0.684. The van der Waals surface area contributed by atoms with Crippen LogP contribution in [0, 0.1) is 11.8 Å². The number of hydrogen-bond donors (Lipinski definition) is 1. The second kappa shape index (κ2) is 8.29. The van der Waals surface area contributed by atoms with E-state index >= 15 is 4.39 Å². The summed E-state index contributed by atoms with van der Waals surface area (Å²) in [7, 11) is 3.66. The van der Waals surface area contributed by atoms with Crippen LogP contribution in [-0.2, 0) is 9.53 Å². The Morgan fingerprint density at radius 2 is 2.14 bits per heavy atom. The molecule has 1 amide bonds. The van der Waals surface area contributed by atoms with E-state index in [1.165, 1.54) is 0 Å². The summed E-state index contributed by atoms with van der Waals surface area (Å²) in [6.07, 6.45) is 0.231. The van der Waals surface area contributed by atoms with Gasteiger partial charge >= 0.3 is 0 Å². The topological polar surface area (TPSA) is 85.2 Å². The van der Waals surface area contributed by atoms with Crippen molar-refractivity contribution < 1.29 is 13.9 Å². The number of rotatable bonds is 6. The molecule has 2 aromatic heterocycles. The molecule has 10 heteroatoms. The van der Waals surface area contributed by atoms with E-state index in [0.29, 0.717) is 27.8 Å². The molecule has 4 atom stereocenters. The van der Waals surface area contributed by atoms with Crippen LogP contribution in [0.4, 0.5) is 16.2 Å². The number of aromatic nitrogens is 4. The molecule has 29 heavy (non-hydrogen) atoms. The van der Waals surface area contributed by atoms with Gasteiger partial charge in [-0.3, -0.25) is 14.7 Å². The normalized spacial score (nSPS) is 27.0. The van der Waals surface area contributed by atoms with Crippen molar-refractivity contribution in [1.82, 2.24) is 19.5 Å². The summed E-state index contributed by atoms with van der Waals surface area (Å²) in [5.41, 5.74) is 0.431. The van der Waals surface area contributed by atoms with Crippen LogP contribution in [0.1, 0.15) is 40.3 Å². The molecule has 2 aromatic rings. The molecule has 8 nitrogen and oxygen atoms in total. The SMILES string of the molecule is CC[C@@]1(CI)O[C@@H](n2cnc3c(N(C)C)nc(NC(=O)C(C)C)nc32)[C@H](F)[C@@H]1C. The van der Waals surface area contributed by atoms with Crippen LogP contribution >= 0.6 is 22.6 Å². The first-order valence-electron chi connectivity index (χ1n) is 9.75. The standard InChI is InChI=1S/C19H28FIN6O2/c1-7-19(8-21)11(4)12(20)17(29-19)27-9-22-13-14(26(5)6)23-18(24-15(13)27)25-16(28)10(2)3/h9-12,17H,7-8H2,1-6H3,(H,23,24,25,28)/t11-,12+,17+,19-/m0/s1. The molecule has 1 aliphatic rings. The number of halogens is 2. The minimum atomic E-state index is -1.20. The Kier molecular flexibility index (Phi) is 6.32. The predicted molar refractivity (Wildman–Crippen MR) is 119 cm³/mol. The number of nitrogens with one attached hydrogen (secondary N) is 1. The van der Waals surface area contributed by atoms with E-state index in [-0.39, 0.29) is 23.7 Å². The van der Waals surface area contributed by atoms with Crippen molar-refractivity contribution in [1.29, 1.82) is 0 Å². The number of hydrogen-bond acceptors (Lipinski definition) is 6. The first kappa shape index (κ1) is 22.1. The maximum atomic E-state index is 15.3. The molecule has 3 rings (SSSR count). The van der Waals surface area contributed by atoms with Crippen molar-refractivity contribution in [3.63, 3.8) is 0 Å². The van der Waals surface area contributed by atoms with Crippen LogP contribution < -0.4 is 10.2 Å². The zero-order valence-electron chi connectivity index (χ0n) is 17.6. The van der Waals surface area contributed by atoms with E-state index in [9.17, 15) is 4.79 Å². The minimum absolute atomic E-state index is 0.166. The second-order valence-electron chi connectivity index (χ2n) is 8.03. The third-order valence-corrected chi connectivity index (χ3v) is 6.91. The number of anilines is 2. The van der Waals surface area contributed by atoms with Crippen LogP contribution in [0.25, 0.3) is 11.2 Å². The van der Waals surface area contributed by atoms with Gasteiger partial charge in [-0.15, -0.1) is 0 Å². The van der Waals surface area contributed by atoms with Crippen LogP contribution in [-0.4, -0.2) is 55.7 Å². The lowest BCUT2D eigenvalue weighted by molar-refractivity contribution is -0.118. The van der Waals surface area contributed by atoms with Gasteiger partial charge < -0.3 is 9.64 Å². The summed E-state index contributed by atoms with van der Waals surface area (Å²) in [5, 5.41) is 2.73. The van der Waals surface area contributed by atoms with E-state index in [1.54, 1.807) is 29.6 Å². The third-order valence-electron chi connectivity index (χ3n) is 5.62. The van der Waals surface area contributed by atoms with Gasteiger partial charge in [0.1, 0.15) is 0 Å². The Morgan fingerprint density at radius 1 is 1.45 bits per heavy atom. The quantitative estimate of drug-likeness (QED) is 0.465. The molecule has 0 aromatic carbocycles. The second-order valence-corrected chi connectivity index (χ2v) is 8.79. The summed E-state index contributed by atoms with van der Waals surface area (Å²) >= 11 is 2.26. The molecule has 0 unspecified atom stereocenters. The van der Waals surface area contributed by atoms with E-state index in [1.807, 2.05) is 27.9 Å². The number of amides is 1. The van der Waals surface area contributed by atoms with Gasteiger partial charge in [0, 0.05) is 30.4 Å². The summed E-state index contributed by atoms with van der Waals surface area (Å²) in [6.45, 7) is 7.49. The molecule has 3 heterocycles. The first-order valence-corrected chi connectivity index (χ1v) is 11.3. The number of nitrogens with zero attached hydrogens (tertiary/aromatic N) is 5. The molecule has 1 aliphatic heterocycles. The molecule has 0 spiro atoms. The van der Waals surface area contributed by atoms with Gasteiger partial charge in [-0.25, -0.2) is 9.37 Å². The molecule has 1 fully saturated rings. The highest BCUT2D eigenvalue weighted by Gasteiger charge is 2.52. The van der Waals surface area contributed by atoms with Gasteiger partial charge in [-0.2, -0.15) is 9.97 Å². The van der Waals surface area contributed by atoms with E-state index in [4.69, 9.17) is 4.74 Å². The highest BCUT2D eigenvalue weighted by molar-refractivity contribution is 14.1. The predicted octanol–water partition coefficient (Wildman–Crippen LogP) is 3.57. The molecule has 0 aliphatic carbocycles. The zero-order valence-corrected chi connectivity index (χ0v) is 19.8. The largest absolute Gasteiger partial charge is 0.361 e. The monoisotopic (exact) mass is 518 g/mol. The van der Waals surface area contributed by atoms with Crippen molar-refractivity contribution >= 4 is 51.4 Å². The summed E-state index contributed by atoms with van der Waals surface area (Å²) in [6, 6.07) is 0. The lowest BCUT2D eigenvalue weighted by Crippen LogP contribution is -2.36. The maximum absolute atomic E-state index is 15.3. The molecule has 0 saturated carbocycles. The van der Waals surface area contributed by atoms with Gasteiger partial charge in [0.25, 0.3) is 0 Å². The van der Waals surface area contributed by atoms with Gasteiger partial charge in [0.15, 0.2) is 29.4 Å². The lowest BCUT2D eigenvalue weighted by Gasteiger charge is -2.29. The molecular formula is C19H28FIN6O2. The van der Waals surface area contributed by atoms with Crippen LogP contribution in [0.3, 0.4) is 0 Å². The van der Waals surface area contributed by atoms with Crippen LogP contribution in [0.5, 0.6) is 0 Å². The number of carbonyl (C=O) groups is 1. The molecule has 0 bridgehead atoms. The van der Waals surface area contributed by atoms with Crippen molar-refractivity contribution in [2.75, 3.05) is 28.7 Å². The minimum Gasteiger partial charge on any atom is -0.361 e. The fourth-order valence-electron chi connectivity index (χ4n) is 3.52. The van der Waals surface area contributed by atoms with E-state index in [2.05, 4.69) is 42.9 Å². The summed E-state index contributed by atoms with van der Waals surface area (Å²) < 4.78 is 23.9. The first-order chi connectivity index (χ1) is 13.6. The number of alkyl halides is 2. The van der Waals surface area contributed by atoms with Gasteiger partial charge in [-0.1, -0.05) is 50.3 Å². The molecule has 1 N–H and O–H groups in total. The molecule has 160 valence electrons. The fourth-order valence-corrected chi connectivity index (χ4v) is 4.94. The average Bonchev–Trinajstić information content (AvgIpc) is 3.21. The van der Waals surface area contributed by atoms with Crippen molar-refractivity contribution in [2.45, 2.75) is 52.1 Å². The number of carbonyl (C=O) groups excluding carboxylic acids is 1. The summed E-state index contributed by atoms with van der Waals surface area (Å²) in [5.74, 6) is 0.0417. The van der Waals surface area contributed by atoms with Gasteiger partial charge in [-0.05, 0) is 6.42 Å². The van der Waals surface area contributed by atoms with Crippen molar-refractivity contribution in [3.8, 4) is 0 Å². The smallest absolute Gasteiger partial charge is 0.233 e. The Bertz CT molecular complexity index is 898. The van der Waals surface area contributed by atoms with Gasteiger partial charge in [0.2, 0.25) is 11.9 Å². The third kappa shape index (κ3) is 3.80. The van der Waals surface area contributed by atoms with Gasteiger partial charge in [0.05, 0.1) is 11.9 Å². The lowest BCUT2D eigenvalue weighted by atomic mass is 9.87. The van der Waals surface area contributed by atoms with E-state index in [0.717, 1.165) is 0 Å². The number of imidazole rings is 1. The number of fused-ring (bicyclic) bond motifs is 1. The average molecular weight is 518 g/mol. The van der Waals surface area contributed by atoms with Crippen molar-refractivity contribution in [2.24, 2.45) is 11.8 Å². The number of ether oxygens (including phenoxy) is 1. The molecule has 0 radical (unpaired) electrons. The Hall–Kier alpha value is -1.56. The van der Waals surface area contributed by atoms with Crippen LogP contribution in [0.15, 0.2) is 6.33 Å². The highest BCUT2D eigenvalue weighted by atomic mass is 127. The molecule has 1 saturated heterocycles.